The molecule has 6 heteroatoms. The van der Waals surface area contributed by atoms with Gasteiger partial charge in [-0.1, -0.05) is 51.1 Å². The number of rotatable bonds is 14. The summed E-state index contributed by atoms with van der Waals surface area (Å²) in [6.45, 7) is 9.86. The number of nitrogens with one attached hydrogen (secondary N) is 2. The number of likely N-dealkylation sites (N-methyl/N-ethyl adjacent to an activating group) is 1. The van der Waals surface area contributed by atoms with Crippen LogP contribution >= 0.6 is 0 Å². The Morgan fingerprint density at radius 3 is 2.19 bits per heavy atom. The maximum absolute atomic E-state index is 13.3. The van der Waals surface area contributed by atoms with Crippen molar-refractivity contribution in [3.8, 4) is 5.75 Å². The zero-order chi connectivity index (χ0) is 23.2. The Labute approximate surface area is 192 Å². The van der Waals surface area contributed by atoms with Crippen molar-refractivity contribution in [2.45, 2.75) is 46.1 Å². The van der Waals surface area contributed by atoms with Crippen LogP contribution in [0.5, 0.6) is 5.75 Å². The molecule has 0 aliphatic heterocycles. The molecule has 0 spiro atoms. The van der Waals surface area contributed by atoms with Crippen LogP contribution in [-0.2, 0) is 11.2 Å². The van der Waals surface area contributed by atoms with E-state index in [9.17, 15) is 9.59 Å². The van der Waals surface area contributed by atoms with E-state index in [1.807, 2.05) is 47.4 Å². The maximum atomic E-state index is 13.3. The number of hydrogen-bond donors (Lipinski definition) is 2. The summed E-state index contributed by atoms with van der Waals surface area (Å²) in [6, 6.07) is 16.1. The van der Waals surface area contributed by atoms with Crippen LogP contribution in [0.4, 0.5) is 0 Å². The minimum absolute atomic E-state index is 0.0380. The largest absolute Gasteiger partial charge is 0.492 e. The van der Waals surface area contributed by atoms with Crippen molar-refractivity contribution in [1.29, 1.82) is 0 Å². The second-order valence-corrected chi connectivity index (χ2v) is 7.77. The molecule has 6 nitrogen and oxygen atoms in total. The molecule has 0 heterocycles. The highest BCUT2D eigenvalue weighted by molar-refractivity contribution is 5.97. The van der Waals surface area contributed by atoms with Gasteiger partial charge in [0.15, 0.2) is 0 Å². The molecule has 0 fully saturated rings. The number of benzene rings is 2. The number of nitrogens with zero attached hydrogens (tertiary/aromatic N) is 1. The molecule has 0 aliphatic carbocycles. The SMILES string of the molecule is CCCN(CCC)C(=O)C(Cc1ccc(OCCNCC)cc1)NC(=O)c1ccccc1. The van der Waals surface area contributed by atoms with Crippen molar-refractivity contribution in [1.82, 2.24) is 15.5 Å². The standard InChI is InChI=1S/C26H37N3O3/c1-4-17-29(18-5-2)26(31)24(28-25(30)22-10-8-7-9-11-22)20-21-12-14-23(15-13-21)32-19-16-27-6-3/h7-15,24,27H,4-6,16-20H2,1-3H3,(H,28,30). The average molecular weight is 440 g/mol. The molecule has 2 N–H and O–H groups in total. The Balaban J connectivity index is 2.12. The van der Waals surface area contributed by atoms with Gasteiger partial charge in [0.2, 0.25) is 5.91 Å². The number of carbonyl (C=O) groups excluding carboxylic acids is 2. The molecule has 2 rings (SSSR count). The molecule has 0 aromatic heterocycles. The summed E-state index contributed by atoms with van der Waals surface area (Å²) in [7, 11) is 0. The Kier molecular flexibility index (Phi) is 11.3. The molecule has 0 saturated heterocycles. The number of amides is 2. The number of ether oxygens (including phenoxy) is 1. The minimum atomic E-state index is -0.624. The van der Waals surface area contributed by atoms with Gasteiger partial charge in [0.25, 0.3) is 5.91 Å². The predicted molar refractivity (Wildman–Crippen MR) is 129 cm³/mol. The van der Waals surface area contributed by atoms with Crippen LogP contribution in [0.3, 0.4) is 0 Å². The molecule has 32 heavy (non-hydrogen) atoms. The Morgan fingerprint density at radius 2 is 1.59 bits per heavy atom. The van der Waals surface area contributed by atoms with Crippen molar-refractivity contribution in [3.05, 3.63) is 65.7 Å². The quantitative estimate of drug-likeness (QED) is 0.441. The van der Waals surface area contributed by atoms with Gasteiger partial charge in [-0.15, -0.1) is 0 Å². The van der Waals surface area contributed by atoms with Crippen molar-refractivity contribution in [2.24, 2.45) is 0 Å². The Morgan fingerprint density at radius 1 is 0.938 bits per heavy atom. The summed E-state index contributed by atoms with van der Waals surface area (Å²) < 4.78 is 5.73. The maximum Gasteiger partial charge on any atom is 0.251 e. The zero-order valence-corrected chi connectivity index (χ0v) is 19.6. The van der Waals surface area contributed by atoms with Gasteiger partial charge in [0.05, 0.1) is 0 Å². The molecular formula is C26H37N3O3. The molecule has 2 aromatic rings. The molecule has 2 aromatic carbocycles. The number of hydrogen-bond acceptors (Lipinski definition) is 4. The molecule has 0 aliphatic rings. The van der Waals surface area contributed by atoms with Crippen molar-refractivity contribution >= 4 is 11.8 Å². The molecule has 0 saturated carbocycles. The minimum Gasteiger partial charge on any atom is -0.492 e. The third kappa shape index (κ3) is 8.35. The summed E-state index contributed by atoms with van der Waals surface area (Å²) in [5.41, 5.74) is 1.52. The highest BCUT2D eigenvalue weighted by Gasteiger charge is 2.26. The van der Waals surface area contributed by atoms with E-state index in [0.29, 0.717) is 31.7 Å². The zero-order valence-electron chi connectivity index (χ0n) is 19.6. The van der Waals surface area contributed by atoms with Gasteiger partial charge < -0.3 is 20.3 Å². The summed E-state index contributed by atoms with van der Waals surface area (Å²) in [4.78, 5) is 28.0. The van der Waals surface area contributed by atoms with Gasteiger partial charge in [-0.2, -0.15) is 0 Å². The van der Waals surface area contributed by atoms with Crippen LogP contribution < -0.4 is 15.4 Å². The molecular weight excluding hydrogens is 402 g/mol. The summed E-state index contributed by atoms with van der Waals surface area (Å²) in [5.74, 6) is 0.519. The van der Waals surface area contributed by atoms with Crippen LogP contribution in [0.1, 0.15) is 49.5 Å². The smallest absolute Gasteiger partial charge is 0.251 e. The van der Waals surface area contributed by atoms with Crippen molar-refractivity contribution in [3.63, 3.8) is 0 Å². The van der Waals surface area contributed by atoms with Crippen molar-refractivity contribution in [2.75, 3.05) is 32.8 Å². The van der Waals surface area contributed by atoms with Crippen LogP contribution in [-0.4, -0.2) is 55.5 Å². The first-order valence-corrected chi connectivity index (χ1v) is 11.7. The third-order valence-electron chi connectivity index (χ3n) is 5.10. The van der Waals surface area contributed by atoms with E-state index in [1.54, 1.807) is 12.1 Å². The van der Waals surface area contributed by atoms with Crippen LogP contribution in [0, 0.1) is 0 Å². The van der Waals surface area contributed by atoms with Gasteiger partial charge >= 0.3 is 0 Å². The summed E-state index contributed by atoms with van der Waals surface area (Å²) in [5, 5.41) is 6.20. The second-order valence-electron chi connectivity index (χ2n) is 7.77. The highest BCUT2D eigenvalue weighted by Crippen LogP contribution is 2.15. The highest BCUT2D eigenvalue weighted by atomic mass is 16.5. The van der Waals surface area contributed by atoms with E-state index in [0.717, 1.165) is 37.2 Å². The van der Waals surface area contributed by atoms with Crippen LogP contribution in [0.2, 0.25) is 0 Å². The van der Waals surface area contributed by atoms with Gasteiger partial charge in [-0.3, -0.25) is 9.59 Å². The third-order valence-corrected chi connectivity index (χ3v) is 5.10. The van der Waals surface area contributed by atoms with Gasteiger partial charge in [-0.05, 0) is 49.2 Å². The molecule has 0 bridgehead atoms. The lowest BCUT2D eigenvalue weighted by Gasteiger charge is -2.27. The lowest BCUT2D eigenvalue weighted by atomic mass is 10.0. The number of carbonyl (C=O) groups is 2. The van der Waals surface area contributed by atoms with Crippen LogP contribution in [0.15, 0.2) is 54.6 Å². The summed E-state index contributed by atoms with van der Waals surface area (Å²) >= 11 is 0. The average Bonchev–Trinajstić information content (AvgIpc) is 2.82. The molecule has 2 amide bonds. The fourth-order valence-corrected chi connectivity index (χ4v) is 3.50. The van der Waals surface area contributed by atoms with E-state index >= 15 is 0 Å². The lowest BCUT2D eigenvalue weighted by Crippen LogP contribution is -2.50. The Hall–Kier alpha value is -2.86. The molecule has 0 radical (unpaired) electrons. The first-order valence-electron chi connectivity index (χ1n) is 11.7. The molecule has 1 unspecified atom stereocenters. The van der Waals surface area contributed by atoms with E-state index in [-0.39, 0.29) is 11.8 Å². The Bertz CT molecular complexity index is 803. The first-order chi connectivity index (χ1) is 15.6. The van der Waals surface area contributed by atoms with Gasteiger partial charge in [-0.25, -0.2) is 0 Å². The molecule has 174 valence electrons. The predicted octanol–water partition coefficient (Wildman–Crippen LogP) is 3.66. The lowest BCUT2D eigenvalue weighted by molar-refractivity contribution is -0.133. The second kappa shape index (κ2) is 14.2. The normalized spacial score (nSPS) is 11.6. The summed E-state index contributed by atoms with van der Waals surface area (Å²) in [6.07, 6.45) is 2.19. The van der Waals surface area contributed by atoms with E-state index in [1.165, 1.54) is 0 Å². The monoisotopic (exact) mass is 439 g/mol. The van der Waals surface area contributed by atoms with E-state index < -0.39 is 6.04 Å². The fourth-order valence-electron chi connectivity index (χ4n) is 3.50. The topological polar surface area (TPSA) is 70.7 Å². The van der Waals surface area contributed by atoms with Gasteiger partial charge in [0.1, 0.15) is 18.4 Å². The van der Waals surface area contributed by atoms with Gasteiger partial charge in [0, 0.05) is 31.6 Å². The first kappa shape index (κ1) is 25.4. The van der Waals surface area contributed by atoms with Crippen molar-refractivity contribution < 1.29 is 14.3 Å². The fraction of sp³-hybridized carbons (Fsp3) is 0.462. The van der Waals surface area contributed by atoms with E-state index in [4.69, 9.17) is 4.74 Å². The van der Waals surface area contributed by atoms with E-state index in [2.05, 4.69) is 31.4 Å². The molecule has 1 atom stereocenters. The van der Waals surface area contributed by atoms with Crippen LogP contribution in [0.25, 0.3) is 0 Å².